The van der Waals surface area contributed by atoms with Crippen LogP contribution in [0.4, 0.5) is 0 Å². The Hall–Kier alpha value is -1.16. The molecule has 2 atom stereocenters. The van der Waals surface area contributed by atoms with Crippen LogP contribution in [0.5, 0.6) is 0 Å². The van der Waals surface area contributed by atoms with Crippen molar-refractivity contribution in [3.05, 3.63) is 34.9 Å². The maximum absolute atomic E-state index is 11.9. The summed E-state index contributed by atoms with van der Waals surface area (Å²) in [5.41, 5.74) is 3.28. The van der Waals surface area contributed by atoms with Crippen LogP contribution >= 0.6 is 0 Å². The molecule has 0 fully saturated rings. The fraction of sp³-hybridized carbons (Fsp3) is 0.462. The van der Waals surface area contributed by atoms with Crippen molar-refractivity contribution in [2.24, 2.45) is 0 Å². The summed E-state index contributed by atoms with van der Waals surface area (Å²) in [4.78, 5) is 11.3. The number of rotatable bonds is 4. The average molecular weight is 254 g/mol. The van der Waals surface area contributed by atoms with E-state index in [0.29, 0.717) is 5.75 Å². The molecule has 4 heteroatoms. The van der Waals surface area contributed by atoms with Gasteiger partial charge in [0, 0.05) is 16.6 Å². The number of carbonyl (C=O) groups is 1. The van der Waals surface area contributed by atoms with Crippen LogP contribution in [0.25, 0.3) is 0 Å². The third-order valence-electron chi connectivity index (χ3n) is 2.52. The monoisotopic (exact) mass is 254 g/mol. The Morgan fingerprint density at radius 1 is 1.29 bits per heavy atom. The predicted octanol–water partition coefficient (Wildman–Crippen LogP) is 2.11. The van der Waals surface area contributed by atoms with E-state index in [1.165, 1.54) is 7.11 Å². The van der Waals surface area contributed by atoms with Gasteiger partial charge >= 0.3 is 5.97 Å². The first-order valence-corrected chi connectivity index (χ1v) is 6.84. The second kappa shape index (κ2) is 5.96. The van der Waals surface area contributed by atoms with Crippen molar-refractivity contribution >= 4 is 16.8 Å². The second-order valence-electron chi connectivity index (χ2n) is 4.19. The van der Waals surface area contributed by atoms with Crippen molar-refractivity contribution in [3.8, 4) is 0 Å². The summed E-state index contributed by atoms with van der Waals surface area (Å²) in [5, 5.41) is -0.583. The van der Waals surface area contributed by atoms with Crippen LogP contribution < -0.4 is 0 Å². The van der Waals surface area contributed by atoms with Crippen molar-refractivity contribution < 1.29 is 13.7 Å². The largest absolute Gasteiger partial charge is 0.468 e. The Morgan fingerprint density at radius 3 is 2.29 bits per heavy atom. The molecule has 0 bridgehead atoms. The van der Waals surface area contributed by atoms with Gasteiger partial charge in [-0.3, -0.25) is 9.00 Å². The SMILES string of the molecule is COC(=O)C(C)S(=O)Cc1cc(C)cc(C)c1. The number of hydrogen-bond donors (Lipinski definition) is 0. The maximum atomic E-state index is 11.9. The lowest BCUT2D eigenvalue weighted by Crippen LogP contribution is -2.24. The summed E-state index contributed by atoms with van der Waals surface area (Å²) in [6.07, 6.45) is 0. The van der Waals surface area contributed by atoms with Crippen LogP contribution in [0.2, 0.25) is 0 Å². The molecule has 0 aliphatic carbocycles. The first kappa shape index (κ1) is 13.9. The number of aryl methyl sites for hydroxylation is 2. The molecule has 0 aromatic heterocycles. The summed E-state index contributed by atoms with van der Waals surface area (Å²) in [7, 11) is 0.0755. The lowest BCUT2D eigenvalue weighted by atomic mass is 10.1. The van der Waals surface area contributed by atoms with E-state index in [1.54, 1.807) is 6.92 Å². The van der Waals surface area contributed by atoms with Crippen molar-refractivity contribution in [3.63, 3.8) is 0 Å². The number of hydrogen-bond acceptors (Lipinski definition) is 3. The molecule has 0 spiro atoms. The Morgan fingerprint density at radius 2 is 1.82 bits per heavy atom. The van der Waals surface area contributed by atoms with Gasteiger partial charge in [0.2, 0.25) is 0 Å². The lowest BCUT2D eigenvalue weighted by molar-refractivity contribution is -0.139. The van der Waals surface area contributed by atoms with Gasteiger partial charge < -0.3 is 4.74 Å². The van der Waals surface area contributed by atoms with Crippen molar-refractivity contribution in [1.82, 2.24) is 0 Å². The van der Waals surface area contributed by atoms with Crippen LogP contribution in [-0.4, -0.2) is 22.5 Å². The fourth-order valence-corrected chi connectivity index (χ4v) is 2.77. The topological polar surface area (TPSA) is 43.4 Å². The molecule has 0 N–H and O–H groups in total. The zero-order valence-electron chi connectivity index (χ0n) is 10.6. The highest BCUT2D eigenvalue weighted by Gasteiger charge is 2.20. The minimum atomic E-state index is -1.24. The summed E-state index contributed by atoms with van der Waals surface area (Å²) in [5.74, 6) is -0.0357. The molecule has 94 valence electrons. The molecule has 1 rings (SSSR count). The van der Waals surface area contributed by atoms with Gasteiger partial charge in [-0.15, -0.1) is 0 Å². The van der Waals surface area contributed by atoms with E-state index in [-0.39, 0.29) is 0 Å². The number of ether oxygens (including phenoxy) is 1. The zero-order valence-corrected chi connectivity index (χ0v) is 11.5. The third-order valence-corrected chi connectivity index (χ3v) is 4.12. The molecule has 1 aromatic carbocycles. The van der Waals surface area contributed by atoms with Crippen molar-refractivity contribution in [2.45, 2.75) is 31.8 Å². The minimum Gasteiger partial charge on any atom is -0.468 e. The molecule has 0 aliphatic heterocycles. The van der Waals surface area contributed by atoms with Gasteiger partial charge in [-0.25, -0.2) is 0 Å². The van der Waals surface area contributed by atoms with Gasteiger partial charge in [-0.1, -0.05) is 29.3 Å². The molecule has 0 aliphatic rings. The quantitative estimate of drug-likeness (QED) is 0.773. The number of methoxy groups -OCH3 is 1. The molecule has 0 heterocycles. The molecule has 2 unspecified atom stereocenters. The third kappa shape index (κ3) is 3.97. The van der Waals surface area contributed by atoms with Crippen molar-refractivity contribution in [2.75, 3.05) is 7.11 Å². The first-order chi connectivity index (χ1) is 7.93. The van der Waals surface area contributed by atoms with E-state index < -0.39 is 22.0 Å². The van der Waals surface area contributed by atoms with E-state index in [1.807, 2.05) is 26.0 Å². The number of esters is 1. The van der Waals surface area contributed by atoms with Crippen LogP contribution in [0, 0.1) is 13.8 Å². The van der Waals surface area contributed by atoms with Gasteiger partial charge in [0.25, 0.3) is 0 Å². The Kier molecular flexibility index (Phi) is 4.87. The van der Waals surface area contributed by atoms with Crippen molar-refractivity contribution in [1.29, 1.82) is 0 Å². The fourth-order valence-electron chi connectivity index (χ4n) is 1.71. The zero-order chi connectivity index (χ0) is 13.0. The highest BCUT2D eigenvalue weighted by molar-refractivity contribution is 7.85. The minimum absolute atomic E-state index is 0.388. The Bertz CT molecular complexity index is 420. The highest BCUT2D eigenvalue weighted by atomic mass is 32.2. The van der Waals surface area contributed by atoms with E-state index >= 15 is 0 Å². The molecule has 17 heavy (non-hydrogen) atoms. The molecule has 0 amide bonds. The molecule has 1 aromatic rings. The van der Waals surface area contributed by atoms with Gasteiger partial charge in [0.05, 0.1) is 7.11 Å². The van der Waals surface area contributed by atoms with E-state index in [2.05, 4.69) is 10.8 Å². The number of carbonyl (C=O) groups excluding carboxylic acids is 1. The normalized spacial score (nSPS) is 14.1. The standard InChI is InChI=1S/C13H18O3S/c1-9-5-10(2)7-12(6-9)8-17(15)11(3)13(14)16-4/h5-7,11H,8H2,1-4H3. The molecular formula is C13H18O3S. The molecule has 0 saturated heterocycles. The molecule has 3 nitrogen and oxygen atoms in total. The smallest absolute Gasteiger partial charge is 0.321 e. The first-order valence-electron chi connectivity index (χ1n) is 5.46. The summed E-state index contributed by atoms with van der Waals surface area (Å²) in [6.45, 7) is 5.64. The maximum Gasteiger partial charge on any atom is 0.321 e. The Balaban J connectivity index is 2.77. The highest BCUT2D eigenvalue weighted by Crippen LogP contribution is 2.13. The molecular weight excluding hydrogens is 236 g/mol. The summed E-state index contributed by atoms with van der Waals surface area (Å²) >= 11 is 0. The molecule has 0 saturated carbocycles. The van der Waals surface area contributed by atoms with Gasteiger partial charge in [0.15, 0.2) is 0 Å². The summed E-state index contributed by atoms with van der Waals surface area (Å²) < 4.78 is 16.5. The van der Waals surface area contributed by atoms with Crippen LogP contribution in [0.15, 0.2) is 18.2 Å². The number of benzene rings is 1. The van der Waals surface area contributed by atoms with E-state index in [0.717, 1.165) is 16.7 Å². The average Bonchev–Trinajstić information content (AvgIpc) is 2.25. The summed E-state index contributed by atoms with van der Waals surface area (Å²) in [6, 6.07) is 6.06. The van der Waals surface area contributed by atoms with Gasteiger partial charge in [0.1, 0.15) is 5.25 Å². The van der Waals surface area contributed by atoms with Crippen LogP contribution in [0.3, 0.4) is 0 Å². The van der Waals surface area contributed by atoms with Gasteiger partial charge in [-0.2, -0.15) is 0 Å². The molecule has 0 radical (unpaired) electrons. The van der Waals surface area contributed by atoms with Crippen LogP contribution in [0.1, 0.15) is 23.6 Å². The lowest BCUT2D eigenvalue weighted by Gasteiger charge is -2.10. The predicted molar refractivity (Wildman–Crippen MR) is 69.2 cm³/mol. The second-order valence-corrected chi connectivity index (χ2v) is 5.94. The van der Waals surface area contributed by atoms with Crippen LogP contribution in [-0.2, 0) is 26.1 Å². The van der Waals surface area contributed by atoms with E-state index in [4.69, 9.17) is 0 Å². The van der Waals surface area contributed by atoms with Gasteiger partial charge in [-0.05, 0) is 26.3 Å². The Labute approximate surface area is 105 Å². The van der Waals surface area contributed by atoms with E-state index in [9.17, 15) is 9.00 Å².